The van der Waals surface area contributed by atoms with Gasteiger partial charge in [-0.1, -0.05) is 12.1 Å². The topological polar surface area (TPSA) is 150 Å². The van der Waals surface area contributed by atoms with Crippen LogP contribution in [0.2, 0.25) is 0 Å². The smallest absolute Gasteiger partial charge is 0.200 e. The van der Waals surface area contributed by atoms with Gasteiger partial charge >= 0.3 is 0 Å². The van der Waals surface area contributed by atoms with E-state index < -0.39 is 37.1 Å². The largest absolute Gasteiger partial charge is 0.508 e. The maximum Gasteiger partial charge on any atom is 0.200 e. The quantitative estimate of drug-likeness (QED) is 0.268. The van der Waals surface area contributed by atoms with Crippen LogP contribution in [0.5, 0.6) is 11.5 Å². The maximum absolute atomic E-state index is 12.8. The fraction of sp³-hybridized carbons (Fsp3) is 0.227. The minimum absolute atomic E-state index is 0.0888. The summed E-state index contributed by atoms with van der Waals surface area (Å²) in [5, 5.41) is 47.1. The predicted octanol–water partition coefficient (Wildman–Crippen LogP) is 2.59. The standard InChI is InChI=1S/C22H22O9/c1-12(31-20(10-24)22(28)18(26)9-23)30-15-6-7-16-19(8-15)29-11-17(21(16)27)13-2-4-14(25)5-3-13/h2-8,11-12,20,23-26,28H,9-10H2,1H3/b22-18-. The molecule has 3 rings (SSSR count). The molecule has 0 saturated heterocycles. The molecule has 5 N–H and O–H groups in total. The number of hydrogen-bond donors (Lipinski definition) is 5. The summed E-state index contributed by atoms with van der Waals surface area (Å²) in [6.45, 7) is 0.0349. The molecule has 0 bridgehead atoms. The highest BCUT2D eigenvalue weighted by Gasteiger charge is 2.21. The summed E-state index contributed by atoms with van der Waals surface area (Å²) in [5.41, 5.74) is 0.966. The number of rotatable bonds is 8. The van der Waals surface area contributed by atoms with E-state index in [1.165, 1.54) is 43.5 Å². The molecule has 0 aliphatic heterocycles. The van der Waals surface area contributed by atoms with Crippen LogP contribution in [0, 0.1) is 0 Å². The molecule has 9 heteroatoms. The third kappa shape index (κ3) is 4.97. The molecule has 1 aromatic heterocycles. The second-order valence-electron chi connectivity index (χ2n) is 6.67. The SMILES string of the molecule is CC(Oc1ccc2c(=O)c(-c3ccc(O)cc3)coc2c1)OC(CO)/C(O)=C(/O)CO. The molecule has 1 heterocycles. The van der Waals surface area contributed by atoms with Gasteiger partial charge in [0.05, 0.1) is 17.6 Å². The van der Waals surface area contributed by atoms with Crippen LogP contribution in [0.15, 0.2) is 69.5 Å². The molecule has 0 aliphatic carbocycles. The molecule has 0 spiro atoms. The zero-order chi connectivity index (χ0) is 22.5. The van der Waals surface area contributed by atoms with Crippen LogP contribution in [0.25, 0.3) is 22.1 Å². The first kappa shape index (κ1) is 22.2. The van der Waals surface area contributed by atoms with Crippen LogP contribution in [0.3, 0.4) is 0 Å². The highest BCUT2D eigenvalue weighted by Crippen LogP contribution is 2.25. The summed E-state index contributed by atoms with van der Waals surface area (Å²) in [7, 11) is 0. The lowest BCUT2D eigenvalue weighted by molar-refractivity contribution is -0.119. The van der Waals surface area contributed by atoms with E-state index in [2.05, 4.69) is 0 Å². The van der Waals surface area contributed by atoms with E-state index in [1.54, 1.807) is 12.1 Å². The normalized spacial score (nSPS) is 14.2. The van der Waals surface area contributed by atoms with Gasteiger partial charge in [-0.15, -0.1) is 0 Å². The summed E-state index contributed by atoms with van der Waals surface area (Å²) in [4.78, 5) is 12.8. The van der Waals surface area contributed by atoms with E-state index in [4.69, 9.17) is 19.0 Å². The molecule has 3 aromatic rings. The summed E-state index contributed by atoms with van der Waals surface area (Å²) >= 11 is 0. The van der Waals surface area contributed by atoms with Crippen LogP contribution in [0.1, 0.15) is 6.92 Å². The fourth-order valence-electron chi connectivity index (χ4n) is 2.93. The molecule has 2 aromatic carbocycles. The van der Waals surface area contributed by atoms with Crippen molar-refractivity contribution in [3.05, 3.63) is 70.5 Å². The van der Waals surface area contributed by atoms with Gasteiger partial charge in [0.15, 0.2) is 23.2 Å². The first-order valence-electron chi connectivity index (χ1n) is 9.33. The van der Waals surface area contributed by atoms with E-state index in [0.29, 0.717) is 22.3 Å². The lowest BCUT2D eigenvalue weighted by Gasteiger charge is -2.21. The van der Waals surface area contributed by atoms with Crippen LogP contribution in [-0.4, -0.2) is 51.1 Å². The Hall–Kier alpha value is -3.53. The van der Waals surface area contributed by atoms with Gasteiger partial charge in [-0.05, 0) is 36.8 Å². The number of aromatic hydroxyl groups is 1. The molecular formula is C22H22O9. The summed E-state index contributed by atoms with van der Waals surface area (Å²) < 4.78 is 16.5. The molecule has 164 valence electrons. The minimum Gasteiger partial charge on any atom is -0.508 e. The van der Waals surface area contributed by atoms with Crippen LogP contribution < -0.4 is 10.2 Å². The highest BCUT2D eigenvalue weighted by atomic mass is 16.7. The van der Waals surface area contributed by atoms with Gasteiger partial charge < -0.3 is 39.4 Å². The zero-order valence-corrected chi connectivity index (χ0v) is 16.6. The van der Waals surface area contributed by atoms with E-state index >= 15 is 0 Å². The Balaban J connectivity index is 1.80. The molecule has 0 fully saturated rings. The number of hydrogen-bond acceptors (Lipinski definition) is 9. The highest BCUT2D eigenvalue weighted by molar-refractivity contribution is 5.82. The molecule has 0 radical (unpaired) electrons. The van der Waals surface area contributed by atoms with Gasteiger partial charge in [0.25, 0.3) is 0 Å². The van der Waals surface area contributed by atoms with E-state index in [1.807, 2.05) is 0 Å². The lowest BCUT2D eigenvalue weighted by Crippen LogP contribution is -2.30. The van der Waals surface area contributed by atoms with Crippen molar-refractivity contribution in [3.63, 3.8) is 0 Å². The van der Waals surface area contributed by atoms with Crippen molar-refractivity contribution in [1.29, 1.82) is 0 Å². The Morgan fingerprint density at radius 1 is 1.10 bits per heavy atom. The molecule has 2 unspecified atom stereocenters. The number of ether oxygens (including phenoxy) is 2. The summed E-state index contributed by atoms with van der Waals surface area (Å²) in [6, 6.07) is 10.7. The fourth-order valence-corrected chi connectivity index (χ4v) is 2.93. The summed E-state index contributed by atoms with van der Waals surface area (Å²) in [6.07, 6.45) is -0.942. The second kappa shape index (κ2) is 9.52. The maximum atomic E-state index is 12.8. The summed E-state index contributed by atoms with van der Waals surface area (Å²) in [5.74, 6) is -1.03. The van der Waals surface area contributed by atoms with Crippen molar-refractivity contribution in [3.8, 4) is 22.6 Å². The number of phenolic OH excluding ortho intramolecular Hbond substituents is 1. The molecule has 0 aliphatic rings. The Morgan fingerprint density at radius 3 is 2.45 bits per heavy atom. The number of benzene rings is 2. The molecule has 2 atom stereocenters. The number of phenols is 1. The van der Waals surface area contributed by atoms with Crippen molar-refractivity contribution in [2.45, 2.75) is 19.3 Å². The molecule has 0 amide bonds. The van der Waals surface area contributed by atoms with Crippen LogP contribution >= 0.6 is 0 Å². The van der Waals surface area contributed by atoms with Gasteiger partial charge in [-0.2, -0.15) is 0 Å². The average molecular weight is 430 g/mol. The molecular weight excluding hydrogens is 408 g/mol. The molecule has 9 nitrogen and oxygen atoms in total. The molecule has 31 heavy (non-hydrogen) atoms. The van der Waals surface area contributed by atoms with Crippen molar-refractivity contribution >= 4 is 11.0 Å². The number of aliphatic hydroxyl groups excluding tert-OH is 4. The van der Waals surface area contributed by atoms with E-state index in [9.17, 15) is 25.2 Å². The minimum atomic E-state index is -1.30. The monoisotopic (exact) mass is 430 g/mol. The van der Waals surface area contributed by atoms with Gasteiger partial charge in [0.2, 0.25) is 0 Å². The Bertz CT molecular complexity index is 1130. The average Bonchev–Trinajstić information content (AvgIpc) is 2.77. The van der Waals surface area contributed by atoms with Gasteiger partial charge in [-0.3, -0.25) is 4.79 Å². The first-order valence-corrected chi connectivity index (χ1v) is 9.33. The predicted molar refractivity (Wildman–Crippen MR) is 111 cm³/mol. The van der Waals surface area contributed by atoms with Crippen LogP contribution in [0.4, 0.5) is 0 Å². The zero-order valence-electron chi connectivity index (χ0n) is 16.6. The molecule has 0 saturated carbocycles. The Kier molecular flexibility index (Phi) is 6.81. The van der Waals surface area contributed by atoms with Crippen LogP contribution in [-0.2, 0) is 4.74 Å². The lowest BCUT2D eigenvalue weighted by atomic mass is 10.1. The second-order valence-corrected chi connectivity index (χ2v) is 6.67. The third-order valence-corrected chi connectivity index (χ3v) is 4.50. The van der Waals surface area contributed by atoms with Crippen molar-refractivity contribution in [2.75, 3.05) is 13.2 Å². The van der Waals surface area contributed by atoms with Crippen molar-refractivity contribution in [1.82, 2.24) is 0 Å². The third-order valence-electron chi connectivity index (χ3n) is 4.50. The van der Waals surface area contributed by atoms with Gasteiger partial charge in [0, 0.05) is 6.07 Å². The Morgan fingerprint density at radius 2 is 1.81 bits per heavy atom. The van der Waals surface area contributed by atoms with E-state index in [0.717, 1.165) is 0 Å². The van der Waals surface area contributed by atoms with Gasteiger partial charge in [-0.25, -0.2) is 0 Å². The number of aliphatic hydroxyl groups is 4. The Labute approximate surface area is 176 Å². The van der Waals surface area contributed by atoms with Crippen molar-refractivity contribution < 1.29 is 39.4 Å². The number of fused-ring (bicyclic) bond motifs is 1. The first-order chi connectivity index (χ1) is 14.8. The van der Waals surface area contributed by atoms with E-state index in [-0.39, 0.29) is 16.8 Å². The van der Waals surface area contributed by atoms with Crippen molar-refractivity contribution in [2.24, 2.45) is 0 Å². The van der Waals surface area contributed by atoms with Gasteiger partial charge in [0.1, 0.15) is 36.1 Å².